The van der Waals surface area contributed by atoms with E-state index in [1.807, 2.05) is 20.3 Å². The highest BCUT2D eigenvalue weighted by Gasteiger charge is 2.09. The van der Waals surface area contributed by atoms with Crippen molar-refractivity contribution < 1.29 is 24.1 Å². The van der Waals surface area contributed by atoms with E-state index in [1.54, 1.807) is 0 Å². The summed E-state index contributed by atoms with van der Waals surface area (Å²) in [6, 6.07) is 0. The van der Waals surface area contributed by atoms with Crippen molar-refractivity contribution in [1.82, 2.24) is 0 Å². The average molecular weight is 500 g/mol. The molecule has 0 aliphatic rings. The highest BCUT2D eigenvalue weighted by Crippen LogP contribution is 2.15. The van der Waals surface area contributed by atoms with Gasteiger partial charge in [0.05, 0.1) is 31.5 Å². The molecule has 0 spiro atoms. The number of hydrogen-bond acceptors (Lipinski definition) is 4. The number of rotatable bonds is 28. The van der Waals surface area contributed by atoms with Crippen molar-refractivity contribution in [2.75, 3.05) is 19.8 Å². The summed E-state index contributed by atoms with van der Waals surface area (Å²) in [4.78, 5) is 10.5. The highest BCUT2D eigenvalue weighted by molar-refractivity contribution is 5.66. The van der Waals surface area contributed by atoms with E-state index >= 15 is 0 Å². The molecule has 0 heterocycles. The first-order valence-corrected chi connectivity index (χ1v) is 14.8. The van der Waals surface area contributed by atoms with E-state index in [4.69, 9.17) is 19.3 Å². The minimum atomic E-state index is -0.661. The van der Waals surface area contributed by atoms with Crippen LogP contribution in [-0.2, 0) is 19.0 Å². The molecule has 0 aromatic heterocycles. The fourth-order valence-corrected chi connectivity index (χ4v) is 4.22. The lowest BCUT2D eigenvalue weighted by molar-refractivity contribution is -0.137. The predicted octanol–water partition coefficient (Wildman–Crippen LogP) is 8.53. The van der Waals surface area contributed by atoms with Gasteiger partial charge < -0.3 is 19.3 Å². The lowest BCUT2D eigenvalue weighted by Crippen LogP contribution is -2.25. The van der Waals surface area contributed by atoms with E-state index in [1.165, 1.54) is 89.9 Å². The molecule has 35 heavy (non-hydrogen) atoms. The number of carbonyl (C=O) groups is 1. The molecule has 3 unspecified atom stereocenters. The van der Waals surface area contributed by atoms with E-state index in [-0.39, 0.29) is 12.2 Å². The summed E-state index contributed by atoms with van der Waals surface area (Å²) in [7, 11) is 0. The van der Waals surface area contributed by atoms with Crippen molar-refractivity contribution in [3.8, 4) is 0 Å². The first kappa shape index (κ1) is 34.4. The third kappa shape index (κ3) is 27.8. The Balaban J connectivity index is 3.28. The van der Waals surface area contributed by atoms with Crippen LogP contribution in [0.4, 0.5) is 0 Å². The van der Waals surface area contributed by atoms with Gasteiger partial charge in [-0.2, -0.15) is 0 Å². The summed E-state index contributed by atoms with van der Waals surface area (Å²) >= 11 is 0. The summed E-state index contributed by atoms with van der Waals surface area (Å²) in [6.07, 6.45) is 24.7. The van der Waals surface area contributed by atoms with Gasteiger partial charge >= 0.3 is 5.97 Å². The Labute approximate surface area is 218 Å². The van der Waals surface area contributed by atoms with Crippen LogP contribution in [0.5, 0.6) is 0 Å². The fraction of sp³-hybridized carbons (Fsp3) is 0.933. The fourth-order valence-electron chi connectivity index (χ4n) is 4.22. The second-order valence-corrected chi connectivity index (χ2v) is 10.4. The van der Waals surface area contributed by atoms with Gasteiger partial charge in [0.15, 0.2) is 0 Å². The second kappa shape index (κ2) is 26.4. The van der Waals surface area contributed by atoms with Crippen molar-refractivity contribution in [3.05, 3.63) is 6.42 Å². The number of carboxylic acids is 1. The molecule has 0 fully saturated rings. The summed E-state index contributed by atoms with van der Waals surface area (Å²) in [5.41, 5.74) is 0. The number of unbranched alkanes of at least 4 members (excludes halogenated alkanes) is 15. The van der Waals surface area contributed by atoms with E-state index in [0.717, 1.165) is 19.3 Å². The van der Waals surface area contributed by atoms with E-state index in [9.17, 15) is 4.79 Å². The Kier molecular flexibility index (Phi) is 25.9. The van der Waals surface area contributed by atoms with E-state index in [2.05, 4.69) is 13.8 Å². The Hall–Kier alpha value is -0.650. The van der Waals surface area contributed by atoms with Crippen LogP contribution in [-0.4, -0.2) is 49.2 Å². The van der Waals surface area contributed by atoms with Crippen molar-refractivity contribution in [2.45, 2.75) is 162 Å². The minimum absolute atomic E-state index is 0.107. The second-order valence-electron chi connectivity index (χ2n) is 10.4. The molecule has 0 aromatic carbocycles. The summed E-state index contributed by atoms with van der Waals surface area (Å²) in [6.45, 7) is 10.2. The highest BCUT2D eigenvalue weighted by atomic mass is 16.6. The number of carboxylic acid groups (broad SMARTS) is 1. The summed E-state index contributed by atoms with van der Waals surface area (Å²) in [5, 5.41) is 8.62. The van der Waals surface area contributed by atoms with Crippen LogP contribution in [0, 0.1) is 6.42 Å². The molecule has 0 aliphatic carbocycles. The average Bonchev–Trinajstić information content (AvgIpc) is 2.83. The van der Waals surface area contributed by atoms with E-state index < -0.39 is 5.97 Å². The molecule has 1 N–H and O–H groups in total. The van der Waals surface area contributed by atoms with Gasteiger partial charge in [-0.3, -0.25) is 4.79 Å². The quantitative estimate of drug-likeness (QED) is 0.109. The van der Waals surface area contributed by atoms with Crippen molar-refractivity contribution in [1.29, 1.82) is 0 Å². The Morgan fingerprint density at radius 3 is 1.40 bits per heavy atom. The van der Waals surface area contributed by atoms with Gasteiger partial charge in [0.1, 0.15) is 0 Å². The molecule has 1 radical (unpaired) electrons. The number of aliphatic carboxylic acids is 1. The maximum Gasteiger partial charge on any atom is 0.303 e. The molecule has 5 heteroatoms. The van der Waals surface area contributed by atoms with Crippen molar-refractivity contribution in [3.63, 3.8) is 0 Å². The SMILES string of the molecule is C[CH]COC(C)COC(C)COC(C)CCCCCCCCCCCCCCCCCCC(=O)O. The van der Waals surface area contributed by atoms with Crippen LogP contribution >= 0.6 is 0 Å². The van der Waals surface area contributed by atoms with Crippen LogP contribution in [0.2, 0.25) is 0 Å². The molecule has 209 valence electrons. The predicted molar refractivity (Wildman–Crippen MR) is 147 cm³/mol. The van der Waals surface area contributed by atoms with Crippen LogP contribution in [0.3, 0.4) is 0 Å². The topological polar surface area (TPSA) is 65.0 Å². The zero-order valence-electron chi connectivity index (χ0n) is 23.7. The molecular formula is C30H59O5. The molecule has 0 amide bonds. The smallest absolute Gasteiger partial charge is 0.303 e. The lowest BCUT2D eigenvalue weighted by Gasteiger charge is -2.20. The molecule has 0 rings (SSSR count). The van der Waals surface area contributed by atoms with Crippen molar-refractivity contribution >= 4 is 5.97 Å². The van der Waals surface area contributed by atoms with Crippen LogP contribution in [0.25, 0.3) is 0 Å². The van der Waals surface area contributed by atoms with Gasteiger partial charge in [0.2, 0.25) is 0 Å². The van der Waals surface area contributed by atoms with Crippen LogP contribution in [0.1, 0.15) is 143 Å². The summed E-state index contributed by atoms with van der Waals surface area (Å²) in [5.74, 6) is -0.661. The molecule has 0 aromatic rings. The Morgan fingerprint density at radius 1 is 0.600 bits per heavy atom. The van der Waals surface area contributed by atoms with Gasteiger partial charge in [0, 0.05) is 13.0 Å². The first-order valence-electron chi connectivity index (χ1n) is 14.8. The van der Waals surface area contributed by atoms with Gasteiger partial charge in [-0.15, -0.1) is 0 Å². The normalized spacial score (nSPS) is 14.2. The molecule has 3 atom stereocenters. The van der Waals surface area contributed by atoms with Crippen LogP contribution in [0.15, 0.2) is 0 Å². The van der Waals surface area contributed by atoms with Gasteiger partial charge in [-0.25, -0.2) is 0 Å². The maximum atomic E-state index is 10.5. The van der Waals surface area contributed by atoms with Gasteiger partial charge in [0.25, 0.3) is 0 Å². The first-order chi connectivity index (χ1) is 17.0. The largest absolute Gasteiger partial charge is 0.481 e. The van der Waals surface area contributed by atoms with Gasteiger partial charge in [-0.1, -0.05) is 103 Å². The monoisotopic (exact) mass is 499 g/mol. The molecule has 0 saturated carbocycles. The zero-order chi connectivity index (χ0) is 26.0. The van der Waals surface area contributed by atoms with E-state index in [0.29, 0.717) is 32.3 Å². The zero-order valence-corrected chi connectivity index (χ0v) is 23.7. The summed E-state index contributed by atoms with van der Waals surface area (Å²) < 4.78 is 17.4. The van der Waals surface area contributed by atoms with Gasteiger partial charge in [-0.05, 0) is 40.0 Å². The molecular weight excluding hydrogens is 440 g/mol. The maximum absolute atomic E-state index is 10.5. The van der Waals surface area contributed by atoms with Crippen molar-refractivity contribution in [2.24, 2.45) is 0 Å². The number of hydrogen-bond donors (Lipinski definition) is 1. The number of ether oxygens (including phenoxy) is 3. The molecule has 5 nitrogen and oxygen atoms in total. The molecule has 0 bridgehead atoms. The Morgan fingerprint density at radius 2 is 0.971 bits per heavy atom. The van der Waals surface area contributed by atoms with Crippen LogP contribution < -0.4 is 0 Å². The Bertz CT molecular complexity index is 442. The minimum Gasteiger partial charge on any atom is -0.481 e. The third-order valence-electron chi connectivity index (χ3n) is 6.53. The molecule has 0 saturated heterocycles. The third-order valence-corrected chi connectivity index (χ3v) is 6.53. The molecule has 0 aliphatic heterocycles. The standard InChI is InChI=1S/C30H59O5/c1-5-24-33-28(3)25-35-29(4)26-34-27(2)22-20-18-16-14-12-10-8-6-7-9-11-13-15-17-19-21-23-30(31)32/h5,27-29H,6-26H2,1-4H3,(H,31,32). The lowest BCUT2D eigenvalue weighted by atomic mass is 10.0.